The van der Waals surface area contributed by atoms with Crippen LogP contribution in [0.5, 0.6) is 0 Å². The lowest BCUT2D eigenvalue weighted by Gasteiger charge is -2.21. The molecule has 5 nitrogen and oxygen atoms in total. The second-order valence-electron chi connectivity index (χ2n) is 4.97. The van der Waals surface area contributed by atoms with Crippen LogP contribution in [0, 0.1) is 6.92 Å². The van der Waals surface area contributed by atoms with E-state index in [1.165, 1.54) is 4.90 Å². The number of aliphatic carboxylic acids is 1. The SMILES string of the molecule is CCC[C@@H](NC(=O)N(C)Cc1cccc(C)c1)C(=O)O. The fourth-order valence-corrected chi connectivity index (χ4v) is 1.96. The van der Waals surface area contributed by atoms with E-state index in [1.54, 1.807) is 7.05 Å². The number of hydrogen-bond acceptors (Lipinski definition) is 2. The number of benzene rings is 1. The number of nitrogens with zero attached hydrogens (tertiary/aromatic N) is 1. The third-order valence-electron chi connectivity index (χ3n) is 3.02. The monoisotopic (exact) mass is 278 g/mol. The number of hydrogen-bond donors (Lipinski definition) is 2. The lowest BCUT2D eigenvalue weighted by atomic mass is 10.1. The topological polar surface area (TPSA) is 69.6 Å². The standard InChI is InChI=1S/C15H22N2O3/c1-4-6-13(14(18)19)16-15(20)17(3)10-12-8-5-7-11(2)9-12/h5,7-9,13H,4,6,10H2,1-3H3,(H,16,20)(H,18,19)/t13-/m1/s1. The molecule has 0 unspecified atom stereocenters. The minimum Gasteiger partial charge on any atom is -0.480 e. The maximum Gasteiger partial charge on any atom is 0.326 e. The summed E-state index contributed by atoms with van der Waals surface area (Å²) >= 11 is 0. The molecule has 2 amide bonds. The van der Waals surface area contributed by atoms with Crippen molar-refractivity contribution in [3.63, 3.8) is 0 Å². The number of amides is 2. The van der Waals surface area contributed by atoms with E-state index in [0.717, 1.165) is 11.1 Å². The predicted molar refractivity (Wildman–Crippen MR) is 77.5 cm³/mol. The molecule has 5 heteroatoms. The molecule has 110 valence electrons. The first-order chi connectivity index (χ1) is 9.43. The van der Waals surface area contributed by atoms with Crippen LogP contribution < -0.4 is 5.32 Å². The third-order valence-corrected chi connectivity index (χ3v) is 3.02. The summed E-state index contributed by atoms with van der Waals surface area (Å²) in [4.78, 5) is 24.5. The number of rotatable bonds is 6. The van der Waals surface area contributed by atoms with Gasteiger partial charge in [-0.05, 0) is 18.9 Å². The van der Waals surface area contributed by atoms with E-state index in [4.69, 9.17) is 5.11 Å². The van der Waals surface area contributed by atoms with Crippen LogP contribution in [0.1, 0.15) is 30.9 Å². The smallest absolute Gasteiger partial charge is 0.326 e. The Morgan fingerprint density at radius 3 is 2.65 bits per heavy atom. The molecule has 0 radical (unpaired) electrons. The van der Waals surface area contributed by atoms with Crippen LogP contribution in [0.2, 0.25) is 0 Å². The maximum atomic E-state index is 12.0. The summed E-state index contributed by atoms with van der Waals surface area (Å²) in [6.07, 6.45) is 1.14. The van der Waals surface area contributed by atoms with Crippen LogP contribution in [0.15, 0.2) is 24.3 Å². The molecule has 1 rings (SSSR count). The Hall–Kier alpha value is -2.04. The Balaban J connectivity index is 2.60. The lowest BCUT2D eigenvalue weighted by molar-refractivity contribution is -0.139. The Bertz CT molecular complexity index is 474. The number of nitrogens with one attached hydrogen (secondary N) is 1. The molecule has 0 fully saturated rings. The molecular weight excluding hydrogens is 256 g/mol. The lowest BCUT2D eigenvalue weighted by Crippen LogP contribution is -2.46. The summed E-state index contributed by atoms with van der Waals surface area (Å²) in [5.74, 6) is -0.996. The van der Waals surface area contributed by atoms with E-state index in [-0.39, 0.29) is 6.03 Å². The van der Waals surface area contributed by atoms with E-state index < -0.39 is 12.0 Å². The van der Waals surface area contributed by atoms with Gasteiger partial charge in [-0.3, -0.25) is 0 Å². The molecule has 0 aliphatic heterocycles. The average Bonchev–Trinajstić information content (AvgIpc) is 2.37. The molecule has 1 aromatic rings. The first-order valence-corrected chi connectivity index (χ1v) is 6.74. The second-order valence-corrected chi connectivity index (χ2v) is 4.97. The van der Waals surface area contributed by atoms with Crippen LogP contribution in [0.3, 0.4) is 0 Å². The van der Waals surface area contributed by atoms with Gasteiger partial charge in [0.15, 0.2) is 0 Å². The van der Waals surface area contributed by atoms with Gasteiger partial charge in [0.2, 0.25) is 0 Å². The van der Waals surface area contributed by atoms with Gasteiger partial charge in [-0.2, -0.15) is 0 Å². The van der Waals surface area contributed by atoms with Gasteiger partial charge in [-0.1, -0.05) is 43.2 Å². The molecule has 0 heterocycles. The Kier molecular flexibility index (Phi) is 6.03. The highest BCUT2D eigenvalue weighted by atomic mass is 16.4. The number of carboxylic acid groups (broad SMARTS) is 1. The quantitative estimate of drug-likeness (QED) is 0.839. The highest BCUT2D eigenvalue weighted by Gasteiger charge is 2.20. The normalized spacial score (nSPS) is 11.8. The Morgan fingerprint density at radius 1 is 1.40 bits per heavy atom. The van der Waals surface area contributed by atoms with Crippen LogP contribution in [0.25, 0.3) is 0 Å². The molecule has 0 spiro atoms. The van der Waals surface area contributed by atoms with Crippen molar-refractivity contribution < 1.29 is 14.7 Å². The van der Waals surface area contributed by atoms with Crippen LogP contribution in [-0.4, -0.2) is 35.1 Å². The van der Waals surface area contributed by atoms with Gasteiger partial charge in [0.05, 0.1) is 0 Å². The van der Waals surface area contributed by atoms with Crippen molar-refractivity contribution in [2.24, 2.45) is 0 Å². The molecule has 0 bridgehead atoms. The Morgan fingerprint density at radius 2 is 2.10 bits per heavy atom. The largest absolute Gasteiger partial charge is 0.480 e. The predicted octanol–water partition coefficient (Wildman–Crippen LogP) is 2.39. The van der Waals surface area contributed by atoms with E-state index in [1.807, 2.05) is 38.1 Å². The fraction of sp³-hybridized carbons (Fsp3) is 0.467. The Labute approximate surface area is 119 Å². The van der Waals surface area contributed by atoms with E-state index in [9.17, 15) is 9.59 Å². The van der Waals surface area contributed by atoms with E-state index >= 15 is 0 Å². The molecule has 0 aromatic heterocycles. The zero-order valence-electron chi connectivity index (χ0n) is 12.2. The zero-order valence-corrected chi connectivity index (χ0v) is 12.2. The van der Waals surface area contributed by atoms with Crippen molar-refractivity contribution in [1.82, 2.24) is 10.2 Å². The summed E-state index contributed by atoms with van der Waals surface area (Å²) in [6.45, 7) is 4.33. The fourth-order valence-electron chi connectivity index (χ4n) is 1.96. The molecule has 1 aromatic carbocycles. The molecule has 0 aliphatic carbocycles. The summed E-state index contributed by atoms with van der Waals surface area (Å²) < 4.78 is 0. The highest BCUT2D eigenvalue weighted by Crippen LogP contribution is 2.07. The second kappa shape index (κ2) is 7.53. The number of urea groups is 1. The molecule has 0 aliphatic rings. The zero-order chi connectivity index (χ0) is 15.1. The maximum absolute atomic E-state index is 12.0. The summed E-state index contributed by atoms with van der Waals surface area (Å²) in [5.41, 5.74) is 2.15. The van der Waals surface area contributed by atoms with Gasteiger partial charge < -0.3 is 15.3 Å². The van der Waals surface area contributed by atoms with Gasteiger partial charge in [0.1, 0.15) is 6.04 Å². The molecule has 2 N–H and O–H groups in total. The van der Waals surface area contributed by atoms with E-state index in [2.05, 4.69) is 5.32 Å². The van der Waals surface area contributed by atoms with E-state index in [0.29, 0.717) is 19.4 Å². The number of aryl methyl sites for hydroxylation is 1. The first-order valence-electron chi connectivity index (χ1n) is 6.74. The summed E-state index contributed by atoms with van der Waals surface area (Å²) in [7, 11) is 1.66. The van der Waals surface area contributed by atoms with Crippen LogP contribution in [-0.2, 0) is 11.3 Å². The highest BCUT2D eigenvalue weighted by molar-refractivity contribution is 5.82. The van der Waals surface area contributed by atoms with Crippen LogP contribution in [0.4, 0.5) is 4.79 Å². The van der Waals surface area contributed by atoms with Crippen molar-refractivity contribution in [2.45, 2.75) is 39.3 Å². The first kappa shape index (κ1) is 16.0. The third kappa shape index (κ3) is 4.91. The number of carbonyl (C=O) groups is 2. The van der Waals surface area contributed by atoms with Gasteiger partial charge in [-0.25, -0.2) is 9.59 Å². The van der Waals surface area contributed by atoms with Gasteiger partial charge in [-0.15, -0.1) is 0 Å². The number of carboxylic acids is 1. The molecular formula is C15H22N2O3. The molecule has 0 saturated carbocycles. The van der Waals surface area contributed by atoms with Gasteiger partial charge in [0, 0.05) is 13.6 Å². The van der Waals surface area contributed by atoms with Crippen molar-refractivity contribution in [3.8, 4) is 0 Å². The van der Waals surface area contributed by atoms with Crippen molar-refractivity contribution in [3.05, 3.63) is 35.4 Å². The summed E-state index contributed by atoms with van der Waals surface area (Å²) in [5, 5.41) is 11.6. The van der Waals surface area contributed by atoms with Crippen molar-refractivity contribution in [2.75, 3.05) is 7.05 Å². The number of carbonyl (C=O) groups excluding carboxylic acids is 1. The molecule has 20 heavy (non-hydrogen) atoms. The molecule has 0 saturated heterocycles. The minimum atomic E-state index is -0.996. The van der Waals surface area contributed by atoms with Crippen molar-refractivity contribution >= 4 is 12.0 Å². The minimum absolute atomic E-state index is 0.368. The van der Waals surface area contributed by atoms with Crippen molar-refractivity contribution in [1.29, 1.82) is 0 Å². The summed E-state index contributed by atoms with van der Waals surface area (Å²) in [6, 6.07) is 6.68. The molecule has 1 atom stereocenters. The van der Waals surface area contributed by atoms with Crippen LogP contribution >= 0.6 is 0 Å². The van der Waals surface area contributed by atoms with Gasteiger partial charge >= 0.3 is 12.0 Å². The van der Waals surface area contributed by atoms with Gasteiger partial charge in [0.25, 0.3) is 0 Å². The average molecular weight is 278 g/mol.